The smallest absolute Gasteiger partial charge is 0.0945 e. The first-order valence-corrected chi connectivity index (χ1v) is 8.91. The molecular weight excluding hydrogens is 316 g/mol. The molecule has 0 radical (unpaired) electrons. The molecule has 124 valence electrons. The first kappa shape index (κ1) is 16.8. The Balaban J connectivity index is 1.61. The van der Waals surface area contributed by atoms with Gasteiger partial charge in [-0.2, -0.15) is 0 Å². The van der Waals surface area contributed by atoms with Crippen molar-refractivity contribution in [2.24, 2.45) is 5.92 Å². The van der Waals surface area contributed by atoms with Crippen molar-refractivity contribution in [3.8, 4) is 0 Å². The van der Waals surface area contributed by atoms with Crippen molar-refractivity contribution in [3.63, 3.8) is 0 Å². The van der Waals surface area contributed by atoms with E-state index in [-0.39, 0.29) is 0 Å². The van der Waals surface area contributed by atoms with Gasteiger partial charge in [0.05, 0.1) is 6.33 Å². The van der Waals surface area contributed by atoms with Crippen molar-refractivity contribution in [1.82, 2.24) is 9.55 Å². The summed E-state index contributed by atoms with van der Waals surface area (Å²) in [6.07, 6.45) is 10.4. The third-order valence-electron chi connectivity index (χ3n) is 4.48. The van der Waals surface area contributed by atoms with Gasteiger partial charge in [0.2, 0.25) is 0 Å². The van der Waals surface area contributed by atoms with Gasteiger partial charge in [-0.25, -0.2) is 4.98 Å². The van der Waals surface area contributed by atoms with Crippen molar-refractivity contribution >= 4 is 11.6 Å². The molecule has 0 amide bonds. The van der Waals surface area contributed by atoms with E-state index in [4.69, 9.17) is 11.6 Å². The third kappa shape index (κ3) is 5.24. The molecule has 24 heavy (non-hydrogen) atoms. The van der Waals surface area contributed by atoms with E-state index in [1.54, 1.807) is 0 Å². The molecule has 0 aliphatic carbocycles. The quantitative estimate of drug-likeness (QED) is 0.536. The maximum Gasteiger partial charge on any atom is 0.0945 e. The minimum Gasteiger partial charge on any atom is -0.337 e. The Morgan fingerprint density at radius 1 is 0.917 bits per heavy atom. The number of halogens is 1. The Hall–Kier alpha value is -2.06. The van der Waals surface area contributed by atoms with Gasteiger partial charge in [0, 0.05) is 24.0 Å². The van der Waals surface area contributed by atoms with Gasteiger partial charge in [0.1, 0.15) is 0 Å². The standard InChI is InChI=1S/C21H23ClN2/c22-21-10-8-19(9-11-21)16-20(12-14-24-15-13-23-17-24)7-6-18-4-2-1-3-5-18/h1-5,8-11,13,15,17,20H,6-7,12,14,16H2. The predicted molar refractivity (Wildman–Crippen MR) is 100 cm³/mol. The maximum absolute atomic E-state index is 6.01. The van der Waals surface area contributed by atoms with Gasteiger partial charge in [-0.15, -0.1) is 0 Å². The molecule has 0 N–H and O–H groups in total. The SMILES string of the molecule is Clc1ccc(CC(CCc2ccccc2)CCn2ccnc2)cc1. The summed E-state index contributed by atoms with van der Waals surface area (Å²) in [4.78, 5) is 4.14. The van der Waals surface area contributed by atoms with E-state index in [9.17, 15) is 0 Å². The van der Waals surface area contributed by atoms with E-state index in [1.807, 2.05) is 30.9 Å². The van der Waals surface area contributed by atoms with Crippen LogP contribution in [0.4, 0.5) is 0 Å². The van der Waals surface area contributed by atoms with Gasteiger partial charge in [-0.1, -0.05) is 54.1 Å². The molecule has 1 aromatic heterocycles. The highest BCUT2D eigenvalue weighted by atomic mass is 35.5. The first-order chi connectivity index (χ1) is 11.8. The highest BCUT2D eigenvalue weighted by molar-refractivity contribution is 6.30. The number of benzene rings is 2. The minimum absolute atomic E-state index is 0.647. The van der Waals surface area contributed by atoms with Crippen LogP contribution in [-0.4, -0.2) is 9.55 Å². The fourth-order valence-electron chi connectivity index (χ4n) is 3.07. The average Bonchev–Trinajstić information content (AvgIpc) is 3.13. The Morgan fingerprint density at radius 3 is 2.42 bits per heavy atom. The lowest BCUT2D eigenvalue weighted by Crippen LogP contribution is -2.10. The Labute approximate surface area is 149 Å². The van der Waals surface area contributed by atoms with E-state index >= 15 is 0 Å². The number of aryl methyl sites for hydroxylation is 2. The summed E-state index contributed by atoms with van der Waals surface area (Å²) in [6.45, 7) is 1.02. The molecule has 0 aliphatic heterocycles. The zero-order valence-electron chi connectivity index (χ0n) is 13.8. The largest absolute Gasteiger partial charge is 0.337 e. The minimum atomic E-state index is 0.647. The van der Waals surface area contributed by atoms with Crippen LogP contribution in [0.3, 0.4) is 0 Å². The number of hydrogen-bond donors (Lipinski definition) is 0. The van der Waals surface area contributed by atoms with Gasteiger partial charge in [-0.05, 0) is 54.9 Å². The molecule has 1 unspecified atom stereocenters. The molecular formula is C21H23ClN2. The van der Waals surface area contributed by atoms with E-state index in [1.165, 1.54) is 17.5 Å². The molecule has 0 fully saturated rings. The van der Waals surface area contributed by atoms with Crippen LogP contribution in [0.2, 0.25) is 5.02 Å². The van der Waals surface area contributed by atoms with Gasteiger partial charge >= 0.3 is 0 Å². The normalized spacial score (nSPS) is 12.2. The van der Waals surface area contributed by atoms with Crippen molar-refractivity contribution in [1.29, 1.82) is 0 Å². The van der Waals surface area contributed by atoms with Crippen LogP contribution in [-0.2, 0) is 19.4 Å². The molecule has 1 atom stereocenters. The summed E-state index contributed by atoms with van der Waals surface area (Å²) in [5, 5.41) is 0.804. The molecule has 3 heteroatoms. The lowest BCUT2D eigenvalue weighted by atomic mass is 9.90. The van der Waals surface area contributed by atoms with Crippen molar-refractivity contribution < 1.29 is 0 Å². The molecule has 2 nitrogen and oxygen atoms in total. The van der Waals surface area contributed by atoms with Gasteiger partial charge < -0.3 is 4.57 Å². The fourth-order valence-corrected chi connectivity index (χ4v) is 3.19. The second-order valence-electron chi connectivity index (χ2n) is 6.31. The number of imidazole rings is 1. The second kappa shape index (κ2) is 8.70. The predicted octanol–water partition coefficient (Wildman–Crippen LogP) is 5.42. The van der Waals surface area contributed by atoms with E-state index in [2.05, 4.69) is 52.0 Å². The van der Waals surface area contributed by atoms with Crippen LogP contribution in [0.15, 0.2) is 73.3 Å². The summed E-state index contributed by atoms with van der Waals surface area (Å²) in [5.41, 5.74) is 2.78. The summed E-state index contributed by atoms with van der Waals surface area (Å²) >= 11 is 6.01. The van der Waals surface area contributed by atoms with Gasteiger partial charge in [0.15, 0.2) is 0 Å². The number of hydrogen-bond acceptors (Lipinski definition) is 1. The third-order valence-corrected chi connectivity index (χ3v) is 4.73. The Morgan fingerprint density at radius 2 is 1.71 bits per heavy atom. The number of aromatic nitrogens is 2. The van der Waals surface area contributed by atoms with Crippen LogP contribution >= 0.6 is 11.6 Å². The lowest BCUT2D eigenvalue weighted by Gasteiger charge is -2.17. The van der Waals surface area contributed by atoms with E-state index in [0.29, 0.717) is 5.92 Å². The molecule has 1 heterocycles. The maximum atomic E-state index is 6.01. The second-order valence-corrected chi connectivity index (χ2v) is 6.75. The highest BCUT2D eigenvalue weighted by Crippen LogP contribution is 2.21. The first-order valence-electron chi connectivity index (χ1n) is 8.54. The molecule has 0 bridgehead atoms. The highest BCUT2D eigenvalue weighted by Gasteiger charge is 2.11. The summed E-state index contributed by atoms with van der Waals surface area (Å²) in [5.74, 6) is 0.647. The molecule has 0 spiro atoms. The fraction of sp³-hybridized carbons (Fsp3) is 0.286. The molecule has 2 aromatic carbocycles. The monoisotopic (exact) mass is 338 g/mol. The van der Waals surface area contributed by atoms with Crippen molar-refractivity contribution in [2.75, 3.05) is 0 Å². The van der Waals surface area contributed by atoms with Crippen molar-refractivity contribution in [2.45, 2.75) is 32.2 Å². The van der Waals surface area contributed by atoms with E-state index < -0.39 is 0 Å². The summed E-state index contributed by atoms with van der Waals surface area (Å²) < 4.78 is 2.16. The molecule has 0 aliphatic rings. The average molecular weight is 339 g/mol. The Bertz CT molecular complexity index is 705. The molecule has 3 rings (SSSR count). The summed E-state index contributed by atoms with van der Waals surface area (Å²) in [7, 11) is 0. The van der Waals surface area contributed by atoms with E-state index in [0.717, 1.165) is 30.8 Å². The number of rotatable bonds is 8. The Kier molecular flexibility index (Phi) is 6.08. The van der Waals surface area contributed by atoms with Crippen LogP contribution < -0.4 is 0 Å². The van der Waals surface area contributed by atoms with Gasteiger partial charge in [-0.3, -0.25) is 0 Å². The zero-order chi connectivity index (χ0) is 16.6. The van der Waals surface area contributed by atoms with Gasteiger partial charge in [0.25, 0.3) is 0 Å². The zero-order valence-corrected chi connectivity index (χ0v) is 14.6. The number of nitrogens with zero attached hydrogens (tertiary/aromatic N) is 2. The summed E-state index contributed by atoms with van der Waals surface area (Å²) in [6, 6.07) is 19.0. The molecule has 3 aromatic rings. The van der Waals surface area contributed by atoms with Crippen LogP contribution in [0, 0.1) is 5.92 Å². The topological polar surface area (TPSA) is 17.8 Å². The van der Waals surface area contributed by atoms with Crippen molar-refractivity contribution in [3.05, 3.63) is 89.5 Å². The molecule has 0 saturated carbocycles. The van der Waals surface area contributed by atoms with Crippen LogP contribution in [0.5, 0.6) is 0 Å². The molecule has 0 saturated heterocycles. The van der Waals surface area contributed by atoms with Crippen LogP contribution in [0.25, 0.3) is 0 Å². The van der Waals surface area contributed by atoms with Crippen LogP contribution in [0.1, 0.15) is 24.0 Å². The lowest BCUT2D eigenvalue weighted by molar-refractivity contribution is 0.416.